The van der Waals surface area contributed by atoms with Crippen LogP contribution in [0.1, 0.15) is 24.5 Å². The molecule has 2 nitrogen and oxygen atoms in total. The number of benzene rings is 1. The summed E-state index contributed by atoms with van der Waals surface area (Å²) in [7, 11) is 0. The number of hydrogen-bond donors (Lipinski definition) is 0. The van der Waals surface area contributed by atoms with Crippen molar-refractivity contribution in [1.29, 1.82) is 0 Å². The second kappa shape index (κ2) is 5.82. The van der Waals surface area contributed by atoms with Crippen LogP contribution in [0.5, 0.6) is 0 Å². The molecule has 1 spiro atoms. The van der Waals surface area contributed by atoms with Gasteiger partial charge in [-0.3, -0.25) is 0 Å². The Labute approximate surface area is 155 Å². The topological polar surface area (TPSA) is 21.6 Å². The molecule has 126 valence electrons. The Morgan fingerprint density at radius 2 is 1.64 bits per heavy atom. The molecule has 0 saturated heterocycles. The Kier molecular flexibility index (Phi) is 3.57. The summed E-state index contributed by atoms with van der Waals surface area (Å²) in [5.41, 5.74) is 8.35. The minimum Gasteiger partial charge on any atom is -0.479 e. The second-order valence-electron chi connectivity index (χ2n) is 6.96. The average molecular weight is 366 g/mol. The number of thiophene rings is 2. The van der Waals surface area contributed by atoms with Crippen molar-refractivity contribution >= 4 is 28.6 Å². The lowest BCUT2D eigenvalue weighted by Crippen LogP contribution is -2.36. The Morgan fingerprint density at radius 3 is 2.20 bits per heavy atom. The van der Waals surface area contributed by atoms with Crippen LogP contribution in [-0.4, -0.2) is 18.0 Å². The van der Waals surface area contributed by atoms with Gasteiger partial charge in [-0.2, -0.15) is 22.7 Å². The Balaban J connectivity index is 1.69. The maximum absolute atomic E-state index is 5.75. The van der Waals surface area contributed by atoms with Gasteiger partial charge in [-0.1, -0.05) is 12.1 Å². The summed E-state index contributed by atoms with van der Waals surface area (Å²) >= 11 is 3.53. The van der Waals surface area contributed by atoms with E-state index in [-0.39, 0.29) is 5.54 Å². The lowest BCUT2D eigenvalue weighted by Gasteiger charge is -2.33. The Bertz CT molecular complexity index is 941. The molecule has 1 aliphatic heterocycles. The minimum absolute atomic E-state index is 0.0604. The molecule has 0 fully saturated rings. The summed E-state index contributed by atoms with van der Waals surface area (Å²) in [5, 5.41) is 8.83. The third kappa shape index (κ3) is 2.55. The molecule has 1 aromatic carbocycles. The zero-order chi connectivity index (χ0) is 16.9. The normalized spacial score (nSPS) is 21.9. The first-order valence-corrected chi connectivity index (χ1v) is 10.5. The van der Waals surface area contributed by atoms with Crippen LogP contribution >= 0.6 is 22.7 Å². The molecule has 2 aromatic heterocycles. The van der Waals surface area contributed by atoms with Gasteiger partial charge in [-0.05, 0) is 79.9 Å². The van der Waals surface area contributed by atoms with E-state index in [4.69, 9.17) is 9.73 Å². The molecule has 0 saturated carbocycles. The number of ether oxygens (including phenoxy) is 1. The number of hydrogen-bond acceptors (Lipinski definition) is 4. The van der Waals surface area contributed by atoms with Gasteiger partial charge in [-0.25, -0.2) is 4.99 Å². The first-order chi connectivity index (χ1) is 12.2. The zero-order valence-electron chi connectivity index (χ0n) is 14.1. The molecule has 25 heavy (non-hydrogen) atoms. The van der Waals surface area contributed by atoms with Gasteiger partial charge in [0.25, 0.3) is 0 Å². The highest BCUT2D eigenvalue weighted by atomic mass is 32.1. The third-order valence-electron chi connectivity index (χ3n) is 5.39. The molecular formula is C21H19NOS2. The molecule has 3 heterocycles. The van der Waals surface area contributed by atoms with E-state index in [1.165, 1.54) is 33.4 Å². The molecule has 1 atom stereocenters. The predicted octanol–water partition coefficient (Wildman–Crippen LogP) is 5.82. The zero-order valence-corrected chi connectivity index (χ0v) is 15.8. The van der Waals surface area contributed by atoms with Crippen LogP contribution in [-0.2, 0) is 17.6 Å². The van der Waals surface area contributed by atoms with Gasteiger partial charge in [0, 0.05) is 13.3 Å². The van der Waals surface area contributed by atoms with Crippen molar-refractivity contribution in [3.63, 3.8) is 0 Å². The van der Waals surface area contributed by atoms with Crippen LogP contribution in [0.4, 0.5) is 0 Å². The average Bonchev–Trinajstić information content (AvgIpc) is 3.36. The quantitative estimate of drug-likeness (QED) is 0.561. The molecule has 4 heteroatoms. The molecular weight excluding hydrogens is 346 g/mol. The van der Waals surface area contributed by atoms with Gasteiger partial charge < -0.3 is 4.74 Å². The lowest BCUT2D eigenvalue weighted by molar-refractivity contribution is 0.236. The van der Waals surface area contributed by atoms with Crippen LogP contribution in [0, 0.1) is 0 Å². The molecule has 5 rings (SSSR count). The highest BCUT2D eigenvalue weighted by Gasteiger charge is 2.40. The van der Waals surface area contributed by atoms with Gasteiger partial charge in [0.2, 0.25) is 0 Å². The van der Waals surface area contributed by atoms with E-state index in [9.17, 15) is 0 Å². The van der Waals surface area contributed by atoms with Crippen LogP contribution in [0.15, 0.2) is 50.8 Å². The van der Waals surface area contributed by atoms with E-state index in [1.807, 2.05) is 6.92 Å². The monoisotopic (exact) mass is 365 g/mol. The first kappa shape index (κ1) is 15.4. The van der Waals surface area contributed by atoms with Crippen LogP contribution < -0.4 is 0 Å². The lowest BCUT2D eigenvalue weighted by atomic mass is 9.74. The van der Waals surface area contributed by atoms with Crippen LogP contribution in [0.25, 0.3) is 22.3 Å². The molecule has 1 unspecified atom stereocenters. The molecule has 3 aromatic rings. The molecule has 1 aliphatic carbocycles. The predicted molar refractivity (Wildman–Crippen MR) is 107 cm³/mol. The summed E-state index contributed by atoms with van der Waals surface area (Å²) in [6.45, 7) is 2.70. The van der Waals surface area contributed by atoms with E-state index in [2.05, 4.69) is 45.8 Å². The van der Waals surface area contributed by atoms with Gasteiger partial charge in [0.1, 0.15) is 12.1 Å². The van der Waals surface area contributed by atoms with Crippen molar-refractivity contribution in [2.75, 3.05) is 6.61 Å². The number of rotatable bonds is 2. The van der Waals surface area contributed by atoms with E-state index in [1.54, 1.807) is 22.7 Å². The number of nitrogens with zero attached hydrogens (tertiary/aromatic N) is 1. The molecule has 0 amide bonds. The summed E-state index contributed by atoms with van der Waals surface area (Å²) in [4.78, 5) is 4.89. The summed E-state index contributed by atoms with van der Waals surface area (Å²) in [6, 6.07) is 9.08. The fourth-order valence-electron chi connectivity index (χ4n) is 4.19. The molecule has 0 bridgehead atoms. The second-order valence-corrected chi connectivity index (χ2v) is 8.52. The number of aliphatic imine (C=N–C) groups is 1. The maximum atomic E-state index is 5.75. The minimum atomic E-state index is -0.0604. The molecule has 2 aliphatic rings. The van der Waals surface area contributed by atoms with Gasteiger partial charge in [0.15, 0.2) is 5.90 Å². The SMILES string of the molecule is CC1=NC2(CCc3c(-c4ccsc4)ccc(-c4ccsc4)c3C2)CO1. The Hall–Kier alpha value is -1.91. The fraction of sp³-hybridized carbons (Fsp3) is 0.286. The van der Waals surface area contributed by atoms with E-state index in [0.717, 1.165) is 31.8 Å². The standard InChI is InChI=1S/C21H19NOS2/c1-14-22-21(13-23-14)7-4-19-17(15-5-8-24-11-15)2-3-18(20(19)10-21)16-6-9-25-12-16/h2-3,5-6,8-9,11-12H,4,7,10,13H2,1H3. The van der Waals surface area contributed by atoms with Crippen molar-refractivity contribution in [2.45, 2.75) is 31.7 Å². The van der Waals surface area contributed by atoms with Crippen molar-refractivity contribution in [2.24, 2.45) is 4.99 Å². The van der Waals surface area contributed by atoms with Gasteiger partial charge >= 0.3 is 0 Å². The van der Waals surface area contributed by atoms with Crippen LogP contribution in [0.3, 0.4) is 0 Å². The molecule has 0 radical (unpaired) electrons. The summed E-state index contributed by atoms with van der Waals surface area (Å²) in [6.07, 6.45) is 3.11. The summed E-state index contributed by atoms with van der Waals surface area (Å²) < 4.78 is 5.75. The fourth-order valence-corrected chi connectivity index (χ4v) is 5.50. The van der Waals surface area contributed by atoms with Crippen molar-refractivity contribution < 1.29 is 4.74 Å². The smallest absolute Gasteiger partial charge is 0.180 e. The van der Waals surface area contributed by atoms with E-state index in [0.29, 0.717) is 0 Å². The molecule has 0 N–H and O–H groups in total. The van der Waals surface area contributed by atoms with Crippen LogP contribution in [0.2, 0.25) is 0 Å². The largest absolute Gasteiger partial charge is 0.479 e. The summed E-state index contributed by atoms with van der Waals surface area (Å²) in [5.74, 6) is 0.842. The van der Waals surface area contributed by atoms with Crippen molar-refractivity contribution in [3.8, 4) is 22.3 Å². The van der Waals surface area contributed by atoms with Gasteiger partial charge in [-0.15, -0.1) is 0 Å². The first-order valence-electron chi connectivity index (χ1n) is 8.63. The maximum Gasteiger partial charge on any atom is 0.180 e. The van der Waals surface area contributed by atoms with Crippen molar-refractivity contribution in [1.82, 2.24) is 0 Å². The van der Waals surface area contributed by atoms with E-state index >= 15 is 0 Å². The Morgan fingerprint density at radius 1 is 0.960 bits per heavy atom. The van der Waals surface area contributed by atoms with E-state index < -0.39 is 0 Å². The highest BCUT2D eigenvalue weighted by molar-refractivity contribution is 7.08. The van der Waals surface area contributed by atoms with Crippen molar-refractivity contribution in [3.05, 3.63) is 56.9 Å². The highest BCUT2D eigenvalue weighted by Crippen LogP contribution is 2.43. The van der Waals surface area contributed by atoms with Gasteiger partial charge in [0.05, 0.1) is 0 Å². The number of fused-ring (bicyclic) bond motifs is 1. The third-order valence-corrected chi connectivity index (χ3v) is 6.75.